The van der Waals surface area contributed by atoms with Gasteiger partial charge in [0.1, 0.15) is 5.82 Å². The Kier molecular flexibility index (Phi) is 3.97. The number of aliphatic hydroxyl groups is 1. The number of hydrogen-bond donors (Lipinski definition) is 2. The van der Waals surface area contributed by atoms with Crippen LogP contribution in [0.5, 0.6) is 0 Å². The third-order valence-corrected chi connectivity index (χ3v) is 3.44. The number of nitrogens with two attached hydrogens (primary N) is 1. The monoisotopic (exact) mass is 263 g/mol. The van der Waals surface area contributed by atoms with E-state index in [4.69, 9.17) is 5.73 Å². The van der Waals surface area contributed by atoms with Crippen molar-refractivity contribution in [2.75, 3.05) is 13.2 Å². The molecular formula is C14H18FN3O. The van der Waals surface area contributed by atoms with E-state index in [2.05, 4.69) is 5.10 Å². The summed E-state index contributed by atoms with van der Waals surface area (Å²) >= 11 is 0. The van der Waals surface area contributed by atoms with E-state index in [1.165, 1.54) is 12.1 Å². The summed E-state index contributed by atoms with van der Waals surface area (Å²) in [6.07, 6.45) is 2.37. The first kappa shape index (κ1) is 13.7. The molecule has 0 radical (unpaired) electrons. The minimum atomic E-state index is -0.623. The summed E-state index contributed by atoms with van der Waals surface area (Å²) in [6.45, 7) is 0.164. The standard InChI is InChI=1S/C14H18FN3O/c1-18-7-6-13(17-18)8-14(9-16,10-19)11-2-4-12(15)5-3-11/h2-7,19H,8-10,16H2,1H3. The molecule has 3 N–H and O–H groups in total. The van der Waals surface area contributed by atoms with Gasteiger partial charge in [0.05, 0.1) is 12.3 Å². The Bertz CT molecular complexity index is 532. The van der Waals surface area contributed by atoms with Crippen molar-refractivity contribution in [1.82, 2.24) is 9.78 Å². The fraction of sp³-hybridized carbons (Fsp3) is 0.357. The Labute approximate surface area is 111 Å². The lowest BCUT2D eigenvalue weighted by Crippen LogP contribution is -2.41. The Morgan fingerprint density at radius 2 is 2.00 bits per heavy atom. The van der Waals surface area contributed by atoms with Crippen molar-refractivity contribution >= 4 is 0 Å². The molecule has 0 fully saturated rings. The molecule has 0 saturated heterocycles. The zero-order chi connectivity index (χ0) is 13.9. The zero-order valence-corrected chi connectivity index (χ0v) is 10.9. The average Bonchev–Trinajstić information content (AvgIpc) is 2.82. The Hall–Kier alpha value is -1.72. The molecule has 1 atom stereocenters. The second-order valence-corrected chi connectivity index (χ2v) is 4.81. The van der Waals surface area contributed by atoms with Gasteiger partial charge in [0, 0.05) is 31.6 Å². The van der Waals surface area contributed by atoms with Crippen LogP contribution in [-0.4, -0.2) is 28.0 Å². The molecule has 1 aromatic heterocycles. The molecule has 0 amide bonds. The third kappa shape index (κ3) is 2.83. The van der Waals surface area contributed by atoms with Gasteiger partial charge in [-0.1, -0.05) is 12.1 Å². The summed E-state index contributed by atoms with van der Waals surface area (Å²) in [5.41, 5.74) is 6.91. The van der Waals surface area contributed by atoms with Crippen molar-refractivity contribution in [2.45, 2.75) is 11.8 Å². The Morgan fingerprint density at radius 3 is 2.47 bits per heavy atom. The van der Waals surface area contributed by atoms with Gasteiger partial charge in [0.15, 0.2) is 0 Å². The smallest absolute Gasteiger partial charge is 0.123 e. The van der Waals surface area contributed by atoms with Gasteiger partial charge < -0.3 is 10.8 Å². The molecule has 2 aromatic rings. The van der Waals surface area contributed by atoms with Gasteiger partial charge in [-0.15, -0.1) is 0 Å². The van der Waals surface area contributed by atoms with Gasteiger partial charge in [-0.25, -0.2) is 4.39 Å². The zero-order valence-electron chi connectivity index (χ0n) is 10.9. The number of hydrogen-bond acceptors (Lipinski definition) is 3. The predicted molar refractivity (Wildman–Crippen MR) is 71.1 cm³/mol. The SMILES string of the molecule is Cn1ccc(CC(CN)(CO)c2ccc(F)cc2)n1. The molecule has 0 bridgehead atoms. The largest absolute Gasteiger partial charge is 0.395 e. The molecular weight excluding hydrogens is 245 g/mol. The van der Waals surface area contributed by atoms with Crippen LogP contribution in [0.1, 0.15) is 11.3 Å². The highest BCUT2D eigenvalue weighted by atomic mass is 19.1. The van der Waals surface area contributed by atoms with Crippen molar-refractivity contribution < 1.29 is 9.50 Å². The molecule has 0 saturated carbocycles. The lowest BCUT2D eigenvalue weighted by atomic mass is 9.77. The first-order valence-corrected chi connectivity index (χ1v) is 6.15. The van der Waals surface area contributed by atoms with Crippen molar-refractivity contribution in [3.05, 3.63) is 53.6 Å². The summed E-state index contributed by atoms with van der Waals surface area (Å²) in [6, 6.07) is 7.99. The first-order chi connectivity index (χ1) is 9.09. The van der Waals surface area contributed by atoms with Crippen molar-refractivity contribution in [1.29, 1.82) is 0 Å². The minimum Gasteiger partial charge on any atom is -0.395 e. The van der Waals surface area contributed by atoms with Crippen LogP contribution in [0.25, 0.3) is 0 Å². The maximum Gasteiger partial charge on any atom is 0.123 e. The highest BCUT2D eigenvalue weighted by Crippen LogP contribution is 2.27. The molecule has 1 heterocycles. The minimum absolute atomic E-state index is 0.105. The molecule has 0 aliphatic heterocycles. The summed E-state index contributed by atoms with van der Waals surface area (Å²) in [5, 5.41) is 14.1. The fourth-order valence-corrected chi connectivity index (χ4v) is 2.21. The maximum atomic E-state index is 13.0. The van der Waals surface area contributed by atoms with Crippen molar-refractivity contribution in [3.63, 3.8) is 0 Å². The maximum absolute atomic E-state index is 13.0. The van der Waals surface area contributed by atoms with Crippen molar-refractivity contribution in [2.24, 2.45) is 12.8 Å². The molecule has 0 aliphatic carbocycles. The van der Waals surface area contributed by atoms with Crippen LogP contribution in [0.3, 0.4) is 0 Å². The second kappa shape index (κ2) is 5.50. The van der Waals surface area contributed by atoms with E-state index in [0.29, 0.717) is 6.42 Å². The average molecular weight is 263 g/mol. The fourth-order valence-electron chi connectivity index (χ4n) is 2.21. The third-order valence-electron chi connectivity index (χ3n) is 3.44. The summed E-state index contributed by atoms with van der Waals surface area (Å²) in [5.74, 6) is -0.301. The molecule has 2 rings (SSSR count). The Balaban J connectivity index is 2.33. The number of halogens is 1. The molecule has 5 heteroatoms. The number of aryl methyl sites for hydroxylation is 1. The van der Waals surface area contributed by atoms with Crippen LogP contribution in [0.15, 0.2) is 36.5 Å². The van der Waals surface area contributed by atoms with E-state index >= 15 is 0 Å². The number of aliphatic hydroxyl groups excluding tert-OH is 1. The first-order valence-electron chi connectivity index (χ1n) is 6.15. The molecule has 102 valence electrons. The van der Waals surface area contributed by atoms with Crippen LogP contribution in [0.2, 0.25) is 0 Å². The number of nitrogens with zero attached hydrogens (tertiary/aromatic N) is 2. The van der Waals surface area contributed by atoms with Gasteiger partial charge in [-0.05, 0) is 23.8 Å². The highest BCUT2D eigenvalue weighted by molar-refractivity contribution is 5.29. The normalized spacial score (nSPS) is 14.3. The molecule has 0 spiro atoms. The predicted octanol–water partition coefficient (Wildman–Crippen LogP) is 0.991. The van der Waals surface area contributed by atoms with E-state index in [-0.39, 0.29) is 19.0 Å². The van der Waals surface area contributed by atoms with Gasteiger partial charge in [-0.2, -0.15) is 5.10 Å². The van der Waals surface area contributed by atoms with E-state index in [0.717, 1.165) is 11.3 Å². The molecule has 0 aliphatic rings. The molecule has 1 unspecified atom stereocenters. The Morgan fingerprint density at radius 1 is 1.32 bits per heavy atom. The quantitative estimate of drug-likeness (QED) is 0.845. The van der Waals surface area contributed by atoms with E-state index in [1.54, 1.807) is 16.8 Å². The summed E-state index contributed by atoms with van der Waals surface area (Å²) in [4.78, 5) is 0. The van der Waals surface area contributed by atoms with Crippen LogP contribution in [-0.2, 0) is 18.9 Å². The van der Waals surface area contributed by atoms with Crippen LogP contribution in [0, 0.1) is 5.82 Å². The summed E-state index contributed by atoms with van der Waals surface area (Å²) < 4.78 is 14.7. The lowest BCUT2D eigenvalue weighted by Gasteiger charge is -2.30. The number of benzene rings is 1. The van der Waals surface area contributed by atoms with Crippen LogP contribution in [0.4, 0.5) is 4.39 Å². The molecule has 1 aromatic carbocycles. The van der Waals surface area contributed by atoms with Crippen molar-refractivity contribution in [3.8, 4) is 0 Å². The van der Waals surface area contributed by atoms with Crippen LogP contribution < -0.4 is 5.73 Å². The number of aromatic nitrogens is 2. The topological polar surface area (TPSA) is 64.1 Å². The van der Waals surface area contributed by atoms with E-state index < -0.39 is 5.41 Å². The van der Waals surface area contributed by atoms with Gasteiger partial charge >= 0.3 is 0 Å². The van der Waals surface area contributed by atoms with E-state index in [1.807, 2.05) is 19.3 Å². The lowest BCUT2D eigenvalue weighted by molar-refractivity contribution is 0.195. The van der Waals surface area contributed by atoms with Gasteiger partial charge in [-0.3, -0.25) is 4.68 Å². The molecule has 19 heavy (non-hydrogen) atoms. The van der Waals surface area contributed by atoms with Gasteiger partial charge in [0.25, 0.3) is 0 Å². The molecule has 4 nitrogen and oxygen atoms in total. The van der Waals surface area contributed by atoms with Crippen LogP contribution >= 0.6 is 0 Å². The van der Waals surface area contributed by atoms with E-state index in [9.17, 15) is 9.50 Å². The van der Waals surface area contributed by atoms with Gasteiger partial charge in [0.2, 0.25) is 0 Å². The highest BCUT2D eigenvalue weighted by Gasteiger charge is 2.31. The summed E-state index contributed by atoms with van der Waals surface area (Å²) in [7, 11) is 1.84. The second-order valence-electron chi connectivity index (χ2n) is 4.81. The number of rotatable bonds is 5.